The van der Waals surface area contributed by atoms with Gasteiger partial charge >= 0.3 is 0 Å². The van der Waals surface area contributed by atoms with E-state index in [2.05, 4.69) is 11.1 Å². The summed E-state index contributed by atoms with van der Waals surface area (Å²) in [6.07, 6.45) is 0. The van der Waals surface area contributed by atoms with Gasteiger partial charge in [0.1, 0.15) is 11.6 Å². The number of nitrogens with zero attached hydrogens (tertiary/aromatic N) is 2. The van der Waals surface area contributed by atoms with E-state index < -0.39 is 0 Å². The van der Waals surface area contributed by atoms with E-state index in [1.165, 1.54) is 12.1 Å². The summed E-state index contributed by atoms with van der Waals surface area (Å²) in [6.45, 7) is 0. The minimum absolute atomic E-state index is 0.317. The van der Waals surface area contributed by atoms with Crippen molar-refractivity contribution < 1.29 is 9.13 Å². The molecular weight excluding hydrogens is 311 g/mol. The highest BCUT2D eigenvalue weighted by atomic mass is 32.1. The van der Waals surface area contributed by atoms with Crippen LogP contribution in [0.15, 0.2) is 53.9 Å². The third-order valence-corrected chi connectivity index (χ3v) is 4.46. The van der Waals surface area contributed by atoms with E-state index in [0.717, 1.165) is 15.5 Å². The second kappa shape index (κ2) is 5.34. The van der Waals surface area contributed by atoms with Gasteiger partial charge in [-0.2, -0.15) is 5.26 Å². The molecule has 5 heteroatoms. The molecule has 0 atom stereocenters. The molecule has 2 heterocycles. The van der Waals surface area contributed by atoms with Crippen molar-refractivity contribution in [3.63, 3.8) is 0 Å². The fraction of sp³-hybridized carbons (Fsp3) is 0. The highest BCUT2D eigenvalue weighted by Gasteiger charge is 2.12. The van der Waals surface area contributed by atoms with E-state index in [4.69, 9.17) is 10.00 Å². The standard InChI is InChI=1S/C18H9FN2OS/c19-12-2-4-13(5-3-12)22-18-15-7-8-23-17(15)14-6-1-11(10-20)9-16(14)21-18/h1-9H. The monoisotopic (exact) mass is 320 g/mol. The van der Waals surface area contributed by atoms with Crippen LogP contribution in [0.4, 0.5) is 4.39 Å². The van der Waals surface area contributed by atoms with E-state index in [9.17, 15) is 4.39 Å². The predicted octanol–water partition coefficient (Wildman–Crippen LogP) is 5.25. The Hall–Kier alpha value is -2.97. The molecule has 0 amide bonds. The van der Waals surface area contributed by atoms with E-state index >= 15 is 0 Å². The summed E-state index contributed by atoms with van der Waals surface area (Å²) in [4.78, 5) is 4.54. The van der Waals surface area contributed by atoms with Gasteiger partial charge in [0, 0.05) is 10.1 Å². The van der Waals surface area contributed by atoms with Crippen molar-refractivity contribution in [2.45, 2.75) is 0 Å². The molecule has 110 valence electrons. The fourth-order valence-electron chi connectivity index (χ4n) is 2.43. The highest BCUT2D eigenvalue weighted by Crippen LogP contribution is 2.36. The van der Waals surface area contributed by atoms with Crippen LogP contribution in [-0.4, -0.2) is 4.98 Å². The van der Waals surface area contributed by atoms with Crippen molar-refractivity contribution in [1.82, 2.24) is 4.98 Å². The molecule has 0 fully saturated rings. The maximum absolute atomic E-state index is 13.0. The third kappa shape index (κ3) is 2.39. The van der Waals surface area contributed by atoms with Gasteiger partial charge in [-0.3, -0.25) is 0 Å². The van der Waals surface area contributed by atoms with Crippen LogP contribution in [0, 0.1) is 17.1 Å². The number of fused-ring (bicyclic) bond motifs is 3. The average Bonchev–Trinajstić information content (AvgIpc) is 3.06. The lowest BCUT2D eigenvalue weighted by molar-refractivity contribution is 0.469. The Bertz CT molecular complexity index is 1060. The number of pyridine rings is 1. The van der Waals surface area contributed by atoms with Gasteiger partial charge in [0.2, 0.25) is 5.88 Å². The van der Waals surface area contributed by atoms with Crippen LogP contribution in [0.5, 0.6) is 11.6 Å². The van der Waals surface area contributed by atoms with Crippen molar-refractivity contribution in [1.29, 1.82) is 5.26 Å². The van der Waals surface area contributed by atoms with E-state index in [0.29, 0.717) is 22.7 Å². The lowest BCUT2D eigenvalue weighted by Gasteiger charge is -2.08. The first kappa shape index (κ1) is 13.7. The number of ether oxygens (including phenoxy) is 1. The predicted molar refractivity (Wildman–Crippen MR) is 88.3 cm³/mol. The number of thiophene rings is 1. The van der Waals surface area contributed by atoms with Crippen LogP contribution < -0.4 is 4.74 Å². The number of benzene rings is 2. The largest absolute Gasteiger partial charge is 0.438 e. The van der Waals surface area contributed by atoms with Gasteiger partial charge in [0.05, 0.1) is 22.5 Å². The molecule has 2 aromatic heterocycles. The smallest absolute Gasteiger partial charge is 0.228 e. The Kier molecular flexibility index (Phi) is 3.18. The molecule has 0 aliphatic carbocycles. The normalized spacial score (nSPS) is 10.8. The van der Waals surface area contributed by atoms with Gasteiger partial charge in [-0.05, 0) is 47.8 Å². The molecule has 2 aromatic carbocycles. The fourth-order valence-corrected chi connectivity index (χ4v) is 3.36. The molecule has 0 N–H and O–H groups in total. The molecular formula is C18H9FN2OS. The summed E-state index contributed by atoms with van der Waals surface area (Å²) in [7, 11) is 0. The molecule has 0 saturated heterocycles. The molecule has 0 radical (unpaired) electrons. The topological polar surface area (TPSA) is 45.9 Å². The van der Waals surface area contributed by atoms with Gasteiger partial charge < -0.3 is 4.74 Å². The second-order valence-electron chi connectivity index (χ2n) is 4.98. The molecule has 0 saturated carbocycles. The summed E-state index contributed by atoms with van der Waals surface area (Å²) in [6, 6.07) is 15.3. The average molecular weight is 320 g/mol. The zero-order valence-corrected chi connectivity index (χ0v) is 12.6. The Balaban J connectivity index is 1.91. The van der Waals surface area contributed by atoms with Crippen molar-refractivity contribution in [3.8, 4) is 17.7 Å². The molecule has 0 aliphatic rings. The second-order valence-corrected chi connectivity index (χ2v) is 5.90. The maximum atomic E-state index is 13.0. The highest BCUT2D eigenvalue weighted by molar-refractivity contribution is 7.18. The van der Waals surface area contributed by atoms with Crippen LogP contribution in [0.1, 0.15) is 5.56 Å². The van der Waals surface area contributed by atoms with Gasteiger partial charge in [-0.1, -0.05) is 6.07 Å². The molecule has 0 bridgehead atoms. The molecule has 0 spiro atoms. The van der Waals surface area contributed by atoms with Crippen LogP contribution in [-0.2, 0) is 0 Å². The summed E-state index contributed by atoms with van der Waals surface area (Å²) in [5, 5.41) is 12.9. The summed E-state index contributed by atoms with van der Waals surface area (Å²) < 4.78 is 19.9. The first-order valence-corrected chi connectivity index (χ1v) is 7.77. The van der Waals surface area contributed by atoms with Gasteiger partial charge in [-0.25, -0.2) is 9.37 Å². The van der Waals surface area contributed by atoms with Gasteiger partial charge in [-0.15, -0.1) is 11.3 Å². The number of aromatic nitrogens is 1. The van der Waals surface area contributed by atoms with Crippen LogP contribution >= 0.6 is 11.3 Å². The first-order valence-electron chi connectivity index (χ1n) is 6.89. The Morgan fingerprint density at radius 2 is 1.87 bits per heavy atom. The molecule has 0 unspecified atom stereocenters. The zero-order chi connectivity index (χ0) is 15.8. The maximum Gasteiger partial charge on any atom is 0.228 e. The number of rotatable bonds is 2. The summed E-state index contributed by atoms with van der Waals surface area (Å²) in [5.74, 6) is 0.654. The minimum Gasteiger partial charge on any atom is -0.438 e. The van der Waals surface area contributed by atoms with Crippen molar-refractivity contribution >= 4 is 32.3 Å². The van der Waals surface area contributed by atoms with Crippen LogP contribution in [0.2, 0.25) is 0 Å². The van der Waals surface area contributed by atoms with Gasteiger partial charge in [0.25, 0.3) is 0 Å². The number of halogens is 1. The quantitative estimate of drug-likeness (QED) is 0.506. The molecule has 0 aliphatic heterocycles. The van der Waals surface area contributed by atoms with Crippen molar-refractivity contribution in [2.24, 2.45) is 0 Å². The van der Waals surface area contributed by atoms with E-state index in [1.54, 1.807) is 35.6 Å². The Labute approximate surface area is 135 Å². The molecule has 3 nitrogen and oxygen atoms in total. The molecule has 23 heavy (non-hydrogen) atoms. The zero-order valence-electron chi connectivity index (χ0n) is 11.8. The lowest BCUT2D eigenvalue weighted by atomic mass is 10.1. The van der Waals surface area contributed by atoms with Crippen LogP contribution in [0.3, 0.4) is 0 Å². The minimum atomic E-state index is -0.317. The van der Waals surface area contributed by atoms with Crippen molar-refractivity contribution in [2.75, 3.05) is 0 Å². The molecule has 4 rings (SSSR count). The number of hydrogen-bond acceptors (Lipinski definition) is 4. The third-order valence-electron chi connectivity index (χ3n) is 3.52. The first-order chi connectivity index (χ1) is 11.2. The van der Waals surface area contributed by atoms with Crippen LogP contribution in [0.25, 0.3) is 21.0 Å². The summed E-state index contributed by atoms with van der Waals surface area (Å²) >= 11 is 1.59. The van der Waals surface area contributed by atoms with E-state index in [1.807, 2.05) is 17.5 Å². The number of nitriles is 1. The lowest BCUT2D eigenvalue weighted by Crippen LogP contribution is -1.91. The summed E-state index contributed by atoms with van der Waals surface area (Å²) in [5.41, 5.74) is 1.25. The number of hydrogen-bond donors (Lipinski definition) is 0. The van der Waals surface area contributed by atoms with E-state index in [-0.39, 0.29) is 5.82 Å². The molecule has 4 aromatic rings. The van der Waals surface area contributed by atoms with Crippen molar-refractivity contribution in [3.05, 3.63) is 65.3 Å². The Morgan fingerprint density at radius 3 is 2.65 bits per heavy atom. The Morgan fingerprint density at radius 1 is 1.04 bits per heavy atom. The SMILES string of the molecule is N#Cc1ccc2c(c1)nc(Oc1ccc(F)cc1)c1ccsc12. The van der Waals surface area contributed by atoms with Gasteiger partial charge in [0.15, 0.2) is 0 Å².